The van der Waals surface area contributed by atoms with Crippen LogP contribution >= 0.6 is 10.7 Å². The zero-order valence-electron chi connectivity index (χ0n) is 50.2. The summed E-state index contributed by atoms with van der Waals surface area (Å²) in [7, 11) is 0.387. The van der Waals surface area contributed by atoms with Crippen molar-refractivity contribution in [1.82, 2.24) is 10.6 Å². The van der Waals surface area contributed by atoms with Crippen LogP contribution in [0.3, 0.4) is 0 Å². The predicted molar refractivity (Wildman–Crippen MR) is 310 cm³/mol. The van der Waals surface area contributed by atoms with E-state index in [1.165, 1.54) is 42.8 Å². The highest BCUT2D eigenvalue weighted by Crippen LogP contribution is 2.30. The first-order valence-electron chi connectivity index (χ1n) is 28.8. The van der Waals surface area contributed by atoms with Gasteiger partial charge < -0.3 is 63.8 Å². The van der Waals surface area contributed by atoms with Crippen molar-refractivity contribution in [1.29, 1.82) is 0 Å². The Morgan fingerprint density at radius 3 is 1.36 bits per heavy atom. The van der Waals surface area contributed by atoms with E-state index in [1.54, 1.807) is 56.0 Å². The summed E-state index contributed by atoms with van der Waals surface area (Å²) in [4.78, 5) is 23.5. The van der Waals surface area contributed by atoms with Gasteiger partial charge in [-0.15, -0.1) is 13.2 Å². The molecule has 0 radical (unpaired) electrons. The fraction of sp³-hybridized carbons (Fsp3) is 0.690. The van der Waals surface area contributed by atoms with Crippen LogP contribution in [0.1, 0.15) is 115 Å². The summed E-state index contributed by atoms with van der Waals surface area (Å²) < 4.78 is 175. The Balaban J connectivity index is 0.000000515. The van der Waals surface area contributed by atoms with E-state index in [2.05, 4.69) is 27.0 Å². The number of hydrogen-bond acceptors (Lipinski definition) is 18. The van der Waals surface area contributed by atoms with Gasteiger partial charge in [0.2, 0.25) is 0 Å². The molecule has 2 aromatic carbocycles. The minimum atomic E-state index is -5.24. The molecule has 2 fully saturated rings. The van der Waals surface area contributed by atoms with E-state index in [0.717, 1.165) is 81.8 Å². The van der Waals surface area contributed by atoms with Crippen molar-refractivity contribution in [2.45, 2.75) is 213 Å². The molecular weight excluding hydrogens is 1230 g/mol. The summed E-state index contributed by atoms with van der Waals surface area (Å²) in [6, 6.07) is 9.17. The van der Waals surface area contributed by atoms with Crippen LogP contribution in [0.25, 0.3) is 0 Å². The highest BCUT2D eigenvalue weighted by atomic mass is 35.7. The van der Waals surface area contributed by atoms with Gasteiger partial charge in [-0.3, -0.25) is 13.8 Å². The Hall–Kier alpha value is -3.85. The number of carbonyl (C=O) groups excluding carboxylic acids is 2. The number of rotatable bonds is 36. The summed E-state index contributed by atoms with van der Waals surface area (Å²) in [5.41, 5.74) is 1.83. The molecule has 0 spiro atoms. The van der Waals surface area contributed by atoms with Crippen molar-refractivity contribution in [3.8, 4) is 0 Å². The number of alkyl halides is 6. The molecule has 2 amide bonds. The number of hydrogen-bond donors (Lipinski definition) is 5. The second-order valence-corrected chi connectivity index (χ2v) is 24.8. The van der Waals surface area contributed by atoms with E-state index in [9.17, 15) is 68.1 Å². The minimum absolute atomic E-state index is 0.0446. The van der Waals surface area contributed by atoms with Gasteiger partial charge in [-0.05, 0) is 63.8 Å². The largest absolute Gasteiger partial charge is 0.471 e. The molecule has 0 aromatic heterocycles. The van der Waals surface area contributed by atoms with Crippen LogP contribution in [0.15, 0.2) is 83.6 Å². The Morgan fingerprint density at radius 2 is 1.00 bits per heavy atom. The van der Waals surface area contributed by atoms with E-state index < -0.39 is 118 Å². The molecule has 2 saturated heterocycles. The number of nitrogens with one attached hydrogen (secondary N) is 2. The molecule has 0 aliphatic carbocycles. The molecule has 1 unspecified atom stereocenters. The van der Waals surface area contributed by atoms with Crippen LogP contribution in [-0.2, 0) is 70.8 Å². The fourth-order valence-electron chi connectivity index (χ4n) is 8.92. The van der Waals surface area contributed by atoms with Gasteiger partial charge in [0.05, 0.1) is 48.4 Å². The van der Waals surface area contributed by atoms with Crippen molar-refractivity contribution in [3.05, 3.63) is 85.0 Å². The van der Waals surface area contributed by atoms with Crippen molar-refractivity contribution in [2.75, 3.05) is 53.9 Å². The lowest BCUT2D eigenvalue weighted by Crippen LogP contribution is -2.66. The van der Waals surface area contributed by atoms with E-state index in [4.69, 9.17) is 52.8 Å². The van der Waals surface area contributed by atoms with E-state index in [0.29, 0.717) is 12.8 Å². The van der Waals surface area contributed by atoms with Gasteiger partial charge in [0.1, 0.15) is 48.7 Å². The number of unbranched alkanes of at least 4 members (excludes halogenated alkanes) is 8. The second kappa shape index (κ2) is 40.8. The average Bonchev–Trinajstić information content (AvgIpc) is 1.06. The summed E-state index contributed by atoms with van der Waals surface area (Å²) in [5, 5.41) is 34.8. The zero-order chi connectivity index (χ0) is 65.4. The lowest BCUT2D eigenvalue weighted by atomic mass is 9.96. The third-order valence-electron chi connectivity index (χ3n) is 13.8. The molecule has 29 heteroatoms. The molecule has 4 rings (SSSR count). The average molecular weight is 1320 g/mol. The van der Waals surface area contributed by atoms with Gasteiger partial charge in [-0.25, -0.2) is 8.42 Å². The second-order valence-electron chi connectivity index (χ2n) is 20.7. The molecule has 2 heterocycles. The Morgan fingerprint density at radius 1 is 0.621 bits per heavy atom. The summed E-state index contributed by atoms with van der Waals surface area (Å²) in [5.74, 6) is -4.50. The van der Waals surface area contributed by atoms with Crippen LogP contribution in [0.4, 0.5) is 26.3 Å². The number of carbonyl (C=O) groups is 2. The molecule has 0 bridgehead atoms. The zero-order valence-corrected chi connectivity index (χ0v) is 52.6. The van der Waals surface area contributed by atoms with Gasteiger partial charge in [-0.2, -0.15) is 34.8 Å². The number of aliphatic hydroxyl groups excluding tert-OH is 3. The molecule has 20 nitrogen and oxygen atoms in total. The van der Waals surface area contributed by atoms with Crippen LogP contribution in [-0.4, -0.2) is 184 Å². The fourth-order valence-corrected chi connectivity index (χ4v) is 10.6. The third kappa shape index (κ3) is 29.3. The molecule has 2 aliphatic rings. The summed E-state index contributed by atoms with van der Waals surface area (Å²) in [6.07, 6.45) is -6.36. The van der Waals surface area contributed by atoms with E-state index >= 15 is 0 Å². The van der Waals surface area contributed by atoms with Gasteiger partial charge in [-0.1, -0.05) is 126 Å². The summed E-state index contributed by atoms with van der Waals surface area (Å²) >= 11 is 0. The van der Waals surface area contributed by atoms with Crippen molar-refractivity contribution in [3.63, 3.8) is 0 Å². The first kappa shape index (κ1) is 79.2. The van der Waals surface area contributed by atoms with Crippen LogP contribution in [0.5, 0.6) is 0 Å². The van der Waals surface area contributed by atoms with Gasteiger partial charge >= 0.3 is 24.2 Å². The summed E-state index contributed by atoms with van der Waals surface area (Å²) in [6.45, 7) is 13.3. The van der Waals surface area contributed by atoms with Gasteiger partial charge in [0.25, 0.3) is 19.2 Å². The minimum Gasteiger partial charge on any atom is -0.394 e. The number of benzene rings is 2. The number of aryl methyl sites for hydroxylation is 2. The van der Waals surface area contributed by atoms with Crippen LogP contribution < -0.4 is 10.6 Å². The van der Waals surface area contributed by atoms with Crippen molar-refractivity contribution < 1.29 is 110 Å². The first-order chi connectivity index (χ1) is 41.0. The smallest absolute Gasteiger partial charge is 0.394 e. The van der Waals surface area contributed by atoms with Crippen molar-refractivity contribution >= 4 is 41.7 Å². The van der Waals surface area contributed by atoms with Crippen LogP contribution in [0.2, 0.25) is 0 Å². The van der Waals surface area contributed by atoms with E-state index in [1.807, 2.05) is 6.92 Å². The SMILES string of the molecule is C=CCO[C@H]1O[C@H](CO)[C@@H](O)[C@H](OCC[C@@H](CCCCCCC)OC)C1NC(=O)C(F)(F)F.C=CCO[C@H]1O[C@H](COS(=O)(=O)c2ccc(C)cc2)[C@@H](O)[C@H](OCC[C@@H](CCCCCCC)OC)[C@H]1NC(=O)C(F)(F)F.Cc1ccc(S(=O)(=O)Cl)cc1. The van der Waals surface area contributed by atoms with Crippen LogP contribution in [0, 0.1) is 13.8 Å². The maximum atomic E-state index is 13.2. The number of aliphatic hydroxyl groups is 3. The third-order valence-corrected chi connectivity index (χ3v) is 16.5. The molecular formula is C58H89ClF6N2O18S2. The highest BCUT2D eigenvalue weighted by Gasteiger charge is 2.52. The normalized spacial score (nSPS) is 23.2. The highest BCUT2D eigenvalue weighted by molar-refractivity contribution is 8.13. The Kier molecular flexibility index (Phi) is 37.2. The molecule has 5 N–H and O–H groups in total. The maximum Gasteiger partial charge on any atom is 0.471 e. The molecule has 12 atom stereocenters. The van der Waals surface area contributed by atoms with E-state index in [-0.39, 0.29) is 48.4 Å². The number of methoxy groups -OCH3 is 2. The lowest BCUT2D eigenvalue weighted by molar-refractivity contribution is -0.276. The van der Waals surface area contributed by atoms with Crippen molar-refractivity contribution in [2.24, 2.45) is 0 Å². The molecule has 2 aliphatic heterocycles. The number of amides is 2. The Bertz CT molecular complexity index is 2500. The molecule has 87 heavy (non-hydrogen) atoms. The quantitative estimate of drug-likeness (QED) is 0.0140. The molecule has 500 valence electrons. The first-order valence-corrected chi connectivity index (χ1v) is 32.5. The molecule has 2 aromatic rings. The standard InChI is InChI=1S/C29H44F3NO9S.C22H38F3NO7.C7H7ClO2S/c1-5-7-8-9-10-11-21(38-4)16-18-39-26-24(33-28(35)29(30,31)32)27(40-17-6-2)42-23(25(26)34)19-41-43(36,37)22-14-12-20(3)13-15-22;1-4-6-7-8-9-10-15(30-3)11-13-31-19-17(26-21(29)22(23,24)25)20(32-12-5-2)33-16(14-27)18(19)28;1-6-2-4-7(5-3-6)11(8,9)10/h6,12-15,21,23-27,34H,2,5,7-11,16-19H2,1,3-4H3,(H,33,35);5,15-20,27-28H,2,4,6-14H2,1,3H3,(H,26,29);2-5H,1H3/t21-,23-,24-,25-,26-,27+;15-,16-,17?,18-,19-,20+;/m11./s1. The lowest BCUT2D eigenvalue weighted by Gasteiger charge is -2.44. The Labute approximate surface area is 512 Å². The van der Waals surface area contributed by atoms with Gasteiger partial charge in [0.15, 0.2) is 12.6 Å². The predicted octanol–water partition coefficient (Wildman–Crippen LogP) is 8.57. The maximum absolute atomic E-state index is 13.2. The van der Waals surface area contributed by atoms with Gasteiger partial charge in [0, 0.05) is 38.1 Å². The number of halogens is 7. The topological polar surface area (TPSA) is 270 Å². The number of ether oxygens (including phenoxy) is 8. The molecule has 0 saturated carbocycles. The monoisotopic (exact) mass is 1310 g/mol.